The average Bonchev–Trinajstić information content (AvgIpc) is 2.79. The molecule has 0 aromatic rings. The summed E-state index contributed by atoms with van der Waals surface area (Å²) in [4.78, 5) is 12.7. The van der Waals surface area contributed by atoms with Gasteiger partial charge in [0, 0.05) is 13.1 Å². The Labute approximate surface area is 130 Å². The van der Waals surface area contributed by atoms with Crippen molar-refractivity contribution in [2.45, 2.75) is 77.6 Å². The van der Waals surface area contributed by atoms with E-state index in [4.69, 9.17) is 5.73 Å². The summed E-state index contributed by atoms with van der Waals surface area (Å²) < 4.78 is 0. The second-order valence-electron chi connectivity index (χ2n) is 7.40. The van der Waals surface area contributed by atoms with Crippen molar-refractivity contribution >= 4 is 5.91 Å². The molecule has 2 saturated carbocycles. The molecule has 0 radical (unpaired) electrons. The lowest BCUT2D eigenvalue weighted by Crippen LogP contribution is -2.47. The molecule has 2 aliphatic rings. The van der Waals surface area contributed by atoms with Gasteiger partial charge < -0.3 is 11.1 Å². The minimum atomic E-state index is -0.267. The van der Waals surface area contributed by atoms with E-state index in [1.165, 1.54) is 44.9 Å². The number of hydrogen-bond acceptors (Lipinski definition) is 2. The van der Waals surface area contributed by atoms with Crippen molar-refractivity contribution in [3.63, 3.8) is 0 Å². The minimum Gasteiger partial charge on any atom is -0.355 e. The maximum absolute atomic E-state index is 12.7. The van der Waals surface area contributed by atoms with Gasteiger partial charge in [0.2, 0.25) is 5.91 Å². The Hall–Kier alpha value is -0.570. The van der Waals surface area contributed by atoms with Gasteiger partial charge in [-0.2, -0.15) is 0 Å². The molecule has 0 aromatic heterocycles. The van der Waals surface area contributed by atoms with Crippen LogP contribution >= 0.6 is 0 Å². The van der Waals surface area contributed by atoms with Crippen LogP contribution in [0.2, 0.25) is 0 Å². The summed E-state index contributed by atoms with van der Waals surface area (Å²) in [7, 11) is 0. The number of carbonyl (C=O) groups excluding carboxylic acids is 1. The van der Waals surface area contributed by atoms with E-state index in [1.807, 2.05) is 0 Å². The molecule has 3 N–H and O–H groups in total. The molecular weight excluding hydrogens is 260 g/mol. The second-order valence-corrected chi connectivity index (χ2v) is 7.40. The molecule has 3 heteroatoms. The highest BCUT2D eigenvalue weighted by Gasteiger charge is 2.37. The molecule has 2 rings (SSSR count). The molecule has 0 unspecified atom stereocenters. The van der Waals surface area contributed by atoms with Crippen molar-refractivity contribution in [2.24, 2.45) is 23.0 Å². The number of nitrogens with two attached hydrogens (primary N) is 1. The highest BCUT2D eigenvalue weighted by Crippen LogP contribution is 2.35. The van der Waals surface area contributed by atoms with Gasteiger partial charge in [-0.1, -0.05) is 51.9 Å². The molecule has 0 saturated heterocycles. The van der Waals surface area contributed by atoms with Crippen LogP contribution in [-0.2, 0) is 4.79 Å². The highest BCUT2D eigenvalue weighted by molar-refractivity contribution is 5.82. The van der Waals surface area contributed by atoms with E-state index in [2.05, 4.69) is 12.2 Å². The first-order valence-electron chi connectivity index (χ1n) is 9.18. The molecular formula is C18H34N2O. The molecule has 3 nitrogen and oxygen atoms in total. The number of rotatable bonds is 5. The summed E-state index contributed by atoms with van der Waals surface area (Å²) >= 11 is 0. The third kappa shape index (κ3) is 4.45. The van der Waals surface area contributed by atoms with Crippen LogP contribution in [0.4, 0.5) is 0 Å². The Kier molecular flexibility index (Phi) is 6.53. The Balaban J connectivity index is 1.80. The van der Waals surface area contributed by atoms with Crippen molar-refractivity contribution in [3.8, 4) is 0 Å². The summed E-state index contributed by atoms with van der Waals surface area (Å²) in [6, 6.07) is 0. The van der Waals surface area contributed by atoms with E-state index in [0.29, 0.717) is 12.5 Å². The molecule has 2 aliphatic carbocycles. The lowest BCUT2D eigenvalue weighted by molar-refractivity contribution is -0.131. The molecule has 0 spiro atoms. The Morgan fingerprint density at radius 1 is 1.05 bits per heavy atom. The van der Waals surface area contributed by atoms with E-state index in [0.717, 1.165) is 38.1 Å². The van der Waals surface area contributed by atoms with Gasteiger partial charge in [-0.15, -0.1) is 0 Å². The summed E-state index contributed by atoms with van der Waals surface area (Å²) in [6.45, 7) is 3.68. The molecule has 122 valence electrons. The first kappa shape index (κ1) is 16.8. The van der Waals surface area contributed by atoms with E-state index >= 15 is 0 Å². The fraction of sp³-hybridized carbons (Fsp3) is 0.944. The summed E-state index contributed by atoms with van der Waals surface area (Å²) in [5.41, 5.74) is 5.73. The predicted octanol–water partition coefficient (Wildman–Crippen LogP) is 3.62. The van der Waals surface area contributed by atoms with E-state index < -0.39 is 0 Å². The molecule has 0 aromatic carbocycles. The van der Waals surface area contributed by atoms with Gasteiger partial charge in [0.05, 0.1) is 5.41 Å². The number of hydrogen-bond donors (Lipinski definition) is 2. The van der Waals surface area contributed by atoms with Gasteiger partial charge in [0.15, 0.2) is 0 Å². The van der Waals surface area contributed by atoms with Crippen molar-refractivity contribution in [1.29, 1.82) is 0 Å². The first-order chi connectivity index (χ1) is 10.2. The lowest BCUT2D eigenvalue weighted by atomic mass is 9.78. The molecule has 0 aliphatic heterocycles. The predicted molar refractivity (Wildman–Crippen MR) is 87.9 cm³/mol. The largest absolute Gasteiger partial charge is 0.355 e. The van der Waals surface area contributed by atoms with Crippen LogP contribution in [0.25, 0.3) is 0 Å². The van der Waals surface area contributed by atoms with E-state index in [9.17, 15) is 4.79 Å². The molecule has 1 amide bonds. The summed E-state index contributed by atoms with van der Waals surface area (Å²) in [5.74, 6) is 1.86. The van der Waals surface area contributed by atoms with Gasteiger partial charge in [-0.05, 0) is 37.5 Å². The van der Waals surface area contributed by atoms with Crippen molar-refractivity contribution in [1.82, 2.24) is 5.32 Å². The van der Waals surface area contributed by atoms with Crippen molar-refractivity contribution in [3.05, 3.63) is 0 Å². The third-order valence-corrected chi connectivity index (χ3v) is 6.03. The Bertz CT molecular complexity index is 313. The summed E-state index contributed by atoms with van der Waals surface area (Å²) in [5, 5.41) is 3.26. The first-order valence-corrected chi connectivity index (χ1v) is 9.18. The van der Waals surface area contributed by atoms with Crippen LogP contribution in [0, 0.1) is 17.3 Å². The third-order valence-electron chi connectivity index (χ3n) is 6.03. The van der Waals surface area contributed by atoms with Crippen LogP contribution in [0.3, 0.4) is 0 Å². The molecule has 21 heavy (non-hydrogen) atoms. The van der Waals surface area contributed by atoms with Gasteiger partial charge in [-0.3, -0.25) is 4.79 Å². The quantitative estimate of drug-likeness (QED) is 0.761. The maximum atomic E-state index is 12.7. The van der Waals surface area contributed by atoms with Gasteiger partial charge in [0.25, 0.3) is 0 Å². The van der Waals surface area contributed by atoms with Crippen LogP contribution in [-0.4, -0.2) is 19.0 Å². The van der Waals surface area contributed by atoms with Gasteiger partial charge >= 0.3 is 0 Å². The normalized spacial score (nSPS) is 29.6. The fourth-order valence-electron chi connectivity index (χ4n) is 4.20. The number of carbonyl (C=O) groups is 1. The lowest BCUT2D eigenvalue weighted by Gasteiger charge is -2.32. The Morgan fingerprint density at radius 2 is 1.62 bits per heavy atom. The molecule has 0 heterocycles. The zero-order valence-electron chi connectivity index (χ0n) is 13.8. The maximum Gasteiger partial charge on any atom is 0.227 e. The fourth-order valence-corrected chi connectivity index (χ4v) is 4.20. The number of amides is 1. The zero-order valence-corrected chi connectivity index (χ0v) is 13.8. The monoisotopic (exact) mass is 294 g/mol. The van der Waals surface area contributed by atoms with Gasteiger partial charge in [0.1, 0.15) is 0 Å². The van der Waals surface area contributed by atoms with E-state index in [1.54, 1.807) is 0 Å². The standard InChI is InChI=1S/C18H34N2O/c1-2-15-7-9-16(10-8-15)13-20-17(21)18(14-19)11-5-3-4-6-12-18/h15-16H,2-14,19H2,1H3,(H,20,21). The SMILES string of the molecule is CCC1CCC(CNC(=O)C2(CN)CCCCCC2)CC1. The molecule has 0 bridgehead atoms. The van der Waals surface area contributed by atoms with Crippen LogP contribution < -0.4 is 11.1 Å². The summed E-state index contributed by atoms with van der Waals surface area (Å²) in [6.07, 6.45) is 13.4. The van der Waals surface area contributed by atoms with Gasteiger partial charge in [-0.25, -0.2) is 0 Å². The van der Waals surface area contributed by atoms with Crippen LogP contribution in [0.5, 0.6) is 0 Å². The number of nitrogens with one attached hydrogen (secondary N) is 1. The minimum absolute atomic E-state index is 0.240. The van der Waals surface area contributed by atoms with E-state index in [-0.39, 0.29) is 11.3 Å². The smallest absolute Gasteiger partial charge is 0.227 e. The molecule has 2 fully saturated rings. The van der Waals surface area contributed by atoms with Crippen LogP contribution in [0.1, 0.15) is 77.6 Å². The Morgan fingerprint density at radius 3 is 2.14 bits per heavy atom. The highest BCUT2D eigenvalue weighted by atomic mass is 16.2. The van der Waals surface area contributed by atoms with Crippen molar-refractivity contribution in [2.75, 3.05) is 13.1 Å². The van der Waals surface area contributed by atoms with Crippen molar-refractivity contribution < 1.29 is 4.79 Å². The zero-order chi connectivity index (χ0) is 15.1. The average molecular weight is 294 g/mol. The van der Waals surface area contributed by atoms with Crippen LogP contribution in [0.15, 0.2) is 0 Å². The topological polar surface area (TPSA) is 55.1 Å². The second kappa shape index (κ2) is 8.17. The molecule has 0 atom stereocenters.